The van der Waals surface area contributed by atoms with Crippen LogP contribution in [-0.2, 0) is 10.0 Å². The molecule has 3 aromatic rings. The largest absolute Gasteiger partial charge is 0.492 e. The molecule has 0 unspecified atom stereocenters. The number of hydrogen-bond donors (Lipinski definition) is 3. The van der Waals surface area contributed by atoms with Crippen LogP contribution >= 0.6 is 15.9 Å². The van der Waals surface area contributed by atoms with E-state index in [0.29, 0.717) is 53.1 Å². The second-order valence-electron chi connectivity index (χ2n) is 10.1. The molecule has 3 N–H and O–H groups in total. The first-order valence-corrected chi connectivity index (χ1v) is 16.3. The van der Waals surface area contributed by atoms with Crippen molar-refractivity contribution < 1.29 is 17.9 Å². The lowest BCUT2D eigenvalue weighted by Gasteiger charge is -2.31. The number of ether oxygens (including phenoxy) is 2. The van der Waals surface area contributed by atoms with Crippen molar-refractivity contribution in [2.24, 2.45) is 5.92 Å². The molecule has 0 radical (unpaired) electrons. The van der Waals surface area contributed by atoms with Gasteiger partial charge in [0.15, 0.2) is 0 Å². The summed E-state index contributed by atoms with van der Waals surface area (Å²) < 4.78 is 41.4. The first kappa shape index (κ1) is 30.9. The Labute approximate surface area is 251 Å². The summed E-state index contributed by atoms with van der Waals surface area (Å²) >= 11 is 3.49. The van der Waals surface area contributed by atoms with E-state index in [4.69, 9.17) is 9.47 Å². The fourth-order valence-corrected chi connectivity index (χ4v) is 6.16. The Kier molecular flexibility index (Phi) is 10.7. The van der Waals surface area contributed by atoms with E-state index >= 15 is 0 Å². The highest BCUT2D eigenvalue weighted by molar-refractivity contribution is 9.10. The van der Waals surface area contributed by atoms with Gasteiger partial charge >= 0.3 is 0 Å². The van der Waals surface area contributed by atoms with Crippen LogP contribution in [0.1, 0.15) is 47.0 Å². The number of para-hydroxylation sites is 1. The van der Waals surface area contributed by atoms with Gasteiger partial charge in [-0.25, -0.2) is 18.1 Å². The number of halogens is 1. The molecule has 2 heterocycles. The maximum Gasteiger partial charge on any atom is 0.242 e. The summed E-state index contributed by atoms with van der Waals surface area (Å²) in [5.41, 5.74) is 2.09. The zero-order valence-electron chi connectivity index (χ0n) is 24.0. The fraction of sp³-hybridized carbons (Fsp3) is 0.448. The smallest absolute Gasteiger partial charge is 0.242 e. The zero-order valence-corrected chi connectivity index (χ0v) is 26.4. The number of benzene rings is 2. The molecule has 10 nitrogen and oxygen atoms in total. The molecule has 0 bridgehead atoms. The summed E-state index contributed by atoms with van der Waals surface area (Å²) in [5, 5.41) is 6.44. The number of piperidine rings is 1. The molecule has 4 rings (SSSR count). The minimum Gasteiger partial charge on any atom is -0.492 e. The van der Waals surface area contributed by atoms with Crippen LogP contribution in [0.3, 0.4) is 0 Å². The number of hydrogen-bond acceptors (Lipinski definition) is 9. The Bertz CT molecular complexity index is 1430. The normalized spacial score (nSPS) is 13.8. The highest BCUT2D eigenvalue weighted by atomic mass is 79.9. The van der Waals surface area contributed by atoms with Crippen molar-refractivity contribution in [1.29, 1.82) is 0 Å². The van der Waals surface area contributed by atoms with E-state index < -0.39 is 10.0 Å². The quantitative estimate of drug-likeness (QED) is 0.193. The molecule has 0 spiro atoms. The lowest BCUT2D eigenvalue weighted by molar-refractivity contribution is 0.331. The third-order valence-corrected chi connectivity index (χ3v) is 8.52. The summed E-state index contributed by atoms with van der Waals surface area (Å²) in [4.78, 5) is 11.6. The van der Waals surface area contributed by atoms with Crippen molar-refractivity contribution in [3.8, 4) is 11.5 Å². The first-order chi connectivity index (χ1) is 19.7. The van der Waals surface area contributed by atoms with E-state index in [9.17, 15) is 8.42 Å². The van der Waals surface area contributed by atoms with Gasteiger partial charge in [0.25, 0.3) is 0 Å². The van der Waals surface area contributed by atoms with Gasteiger partial charge in [0, 0.05) is 38.0 Å². The number of nitrogens with one attached hydrogen (secondary N) is 3. The molecule has 222 valence electrons. The van der Waals surface area contributed by atoms with Crippen LogP contribution in [0.2, 0.25) is 0 Å². The van der Waals surface area contributed by atoms with Gasteiger partial charge in [-0.05, 0) is 67.1 Å². The number of anilines is 5. The molecule has 1 aromatic heterocycles. The van der Waals surface area contributed by atoms with E-state index in [0.717, 1.165) is 37.4 Å². The molecular weight excluding hydrogens is 608 g/mol. The van der Waals surface area contributed by atoms with Crippen molar-refractivity contribution >= 4 is 54.8 Å². The van der Waals surface area contributed by atoms with Crippen molar-refractivity contribution in [3.05, 3.63) is 47.1 Å². The summed E-state index contributed by atoms with van der Waals surface area (Å²) in [6, 6.07) is 10.7. The van der Waals surface area contributed by atoms with Crippen LogP contribution in [-0.4, -0.2) is 51.2 Å². The standard InChI is InChI=1S/C29H39BrN6O4S/c1-5-39-25-17-24(36-14-10-7-11-15-36)26(40-6-2)16-23(25)34-29-31-19-21(30)28(35-29)33-22-12-8-9-13-27(22)41(37,38)32-18-20(3)4/h8-9,12-13,16-17,19-20,32H,5-7,10-11,14-15,18H2,1-4H3,(H2,31,33,34,35). The number of sulfonamides is 1. The van der Waals surface area contributed by atoms with Crippen LogP contribution < -0.4 is 29.7 Å². The molecule has 0 amide bonds. The highest BCUT2D eigenvalue weighted by Gasteiger charge is 2.22. The molecule has 0 saturated carbocycles. The second kappa shape index (κ2) is 14.2. The van der Waals surface area contributed by atoms with Crippen LogP contribution in [0.15, 0.2) is 52.0 Å². The molecule has 1 aliphatic heterocycles. The average Bonchev–Trinajstić information content (AvgIpc) is 2.96. The molecule has 2 aromatic carbocycles. The third kappa shape index (κ3) is 8.02. The monoisotopic (exact) mass is 646 g/mol. The van der Waals surface area contributed by atoms with Gasteiger partial charge in [0.1, 0.15) is 22.2 Å². The summed E-state index contributed by atoms with van der Waals surface area (Å²) in [6.07, 6.45) is 5.14. The number of rotatable bonds is 13. The average molecular weight is 648 g/mol. The van der Waals surface area contributed by atoms with Gasteiger partial charge in [-0.3, -0.25) is 0 Å². The van der Waals surface area contributed by atoms with E-state index in [1.165, 1.54) is 6.42 Å². The highest BCUT2D eigenvalue weighted by Crippen LogP contribution is 2.41. The Morgan fingerprint density at radius 2 is 1.68 bits per heavy atom. The number of nitrogens with zero attached hydrogens (tertiary/aromatic N) is 3. The second-order valence-corrected chi connectivity index (χ2v) is 12.7. The maximum atomic E-state index is 13.0. The third-order valence-electron chi connectivity index (χ3n) is 6.46. The Morgan fingerprint density at radius 1 is 0.976 bits per heavy atom. The molecule has 0 atom stereocenters. The zero-order chi connectivity index (χ0) is 29.4. The van der Waals surface area contributed by atoms with E-state index in [-0.39, 0.29) is 10.8 Å². The Balaban J connectivity index is 1.65. The van der Waals surface area contributed by atoms with Crippen LogP contribution in [0.25, 0.3) is 0 Å². The fourth-order valence-electron chi connectivity index (χ4n) is 4.50. The van der Waals surface area contributed by atoms with Gasteiger partial charge in [-0.2, -0.15) is 4.98 Å². The van der Waals surface area contributed by atoms with Crippen molar-refractivity contribution in [3.63, 3.8) is 0 Å². The molecular formula is C29H39BrN6O4S. The van der Waals surface area contributed by atoms with Crippen molar-refractivity contribution in [2.75, 3.05) is 48.4 Å². The molecule has 1 saturated heterocycles. The van der Waals surface area contributed by atoms with Gasteiger partial charge in [0.05, 0.1) is 34.7 Å². The maximum absolute atomic E-state index is 13.0. The topological polar surface area (TPSA) is 118 Å². The summed E-state index contributed by atoms with van der Waals surface area (Å²) in [6.45, 7) is 11.1. The SMILES string of the molecule is CCOc1cc(N2CCCCC2)c(OCC)cc1Nc1ncc(Br)c(Nc2ccccc2S(=O)(=O)NCC(C)C)n1. The van der Waals surface area contributed by atoms with Gasteiger partial charge < -0.3 is 25.0 Å². The van der Waals surface area contributed by atoms with Gasteiger partial charge in [-0.15, -0.1) is 0 Å². The summed E-state index contributed by atoms with van der Waals surface area (Å²) in [7, 11) is -3.73. The minimum absolute atomic E-state index is 0.133. The van der Waals surface area contributed by atoms with Crippen molar-refractivity contribution in [2.45, 2.75) is 51.9 Å². The number of aromatic nitrogens is 2. The Morgan fingerprint density at radius 3 is 2.39 bits per heavy atom. The Hall–Kier alpha value is -3.09. The lowest BCUT2D eigenvalue weighted by atomic mass is 10.1. The summed E-state index contributed by atoms with van der Waals surface area (Å²) in [5.74, 6) is 2.33. The van der Waals surface area contributed by atoms with E-state index in [2.05, 4.69) is 46.2 Å². The molecule has 41 heavy (non-hydrogen) atoms. The predicted molar refractivity (Wildman–Crippen MR) is 168 cm³/mol. The molecule has 1 fully saturated rings. The minimum atomic E-state index is -3.73. The predicted octanol–water partition coefficient (Wildman–Crippen LogP) is 6.45. The van der Waals surface area contributed by atoms with Crippen molar-refractivity contribution in [1.82, 2.24) is 14.7 Å². The van der Waals surface area contributed by atoms with Crippen LogP contribution in [0, 0.1) is 5.92 Å². The molecule has 1 aliphatic rings. The van der Waals surface area contributed by atoms with E-state index in [1.54, 1.807) is 30.5 Å². The molecule has 12 heteroatoms. The molecule has 0 aliphatic carbocycles. The van der Waals surface area contributed by atoms with Crippen LogP contribution in [0.5, 0.6) is 11.5 Å². The lowest BCUT2D eigenvalue weighted by Crippen LogP contribution is -2.29. The van der Waals surface area contributed by atoms with Gasteiger partial charge in [0.2, 0.25) is 16.0 Å². The van der Waals surface area contributed by atoms with E-state index in [1.807, 2.05) is 39.8 Å². The van der Waals surface area contributed by atoms with Gasteiger partial charge in [-0.1, -0.05) is 26.0 Å². The first-order valence-electron chi connectivity index (χ1n) is 14.1. The van der Waals surface area contributed by atoms with Crippen LogP contribution in [0.4, 0.5) is 28.8 Å².